The quantitative estimate of drug-likeness (QED) is 0.199. The molecule has 0 radical (unpaired) electrons. The van der Waals surface area contributed by atoms with Gasteiger partial charge in [-0.05, 0) is 48.0 Å². The highest BCUT2D eigenvalue weighted by molar-refractivity contribution is 7.22. The van der Waals surface area contributed by atoms with Crippen LogP contribution in [0, 0.1) is 11.3 Å². The zero-order valence-electron chi connectivity index (χ0n) is 17.7. The van der Waals surface area contributed by atoms with E-state index in [4.69, 9.17) is 9.47 Å². The van der Waals surface area contributed by atoms with E-state index in [0.717, 1.165) is 28.0 Å². The number of hydrogen-bond donors (Lipinski definition) is 1. The van der Waals surface area contributed by atoms with Crippen molar-refractivity contribution in [1.29, 1.82) is 5.26 Å². The van der Waals surface area contributed by atoms with Crippen LogP contribution >= 0.6 is 11.3 Å². The van der Waals surface area contributed by atoms with E-state index < -0.39 is 5.91 Å². The van der Waals surface area contributed by atoms with Crippen LogP contribution in [0.3, 0.4) is 0 Å². The highest BCUT2D eigenvalue weighted by atomic mass is 32.1. The Labute approximate surface area is 195 Å². The average molecular weight is 456 g/mol. The van der Waals surface area contributed by atoms with Crippen LogP contribution < -0.4 is 14.8 Å². The van der Waals surface area contributed by atoms with E-state index in [1.165, 1.54) is 11.3 Å². The number of hydrogen-bond acceptors (Lipinski definition) is 6. The molecule has 6 nitrogen and oxygen atoms in total. The van der Waals surface area contributed by atoms with E-state index in [-0.39, 0.29) is 5.57 Å². The lowest BCUT2D eigenvalue weighted by atomic mass is 10.1. The maximum atomic E-state index is 12.5. The van der Waals surface area contributed by atoms with E-state index >= 15 is 0 Å². The van der Waals surface area contributed by atoms with Crippen LogP contribution in [-0.4, -0.2) is 24.1 Å². The standard InChI is InChI=1S/C26H21N3O3S/c27-18-20(25(30)29-26-28-23-9-4-5-10-24(23)33-26)17-19-11-13-22(14-12-19)32-16-6-15-31-21-7-2-1-3-8-21/h1-5,7-14,17H,6,15-16H2,(H,28,29,30)/b20-17+. The Bertz CT molecular complexity index is 1260. The summed E-state index contributed by atoms with van der Waals surface area (Å²) in [5, 5.41) is 12.6. The number of aromatic nitrogens is 1. The first-order valence-electron chi connectivity index (χ1n) is 10.4. The van der Waals surface area contributed by atoms with Gasteiger partial charge in [0.05, 0.1) is 23.4 Å². The number of fused-ring (bicyclic) bond motifs is 1. The van der Waals surface area contributed by atoms with Crippen LogP contribution in [0.2, 0.25) is 0 Å². The van der Waals surface area contributed by atoms with E-state index in [1.54, 1.807) is 18.2 Å². The number of nitrogens with zero attached hydrogens (tertiary/aromatic N) is 2. The summed E-state index contributed by atoms with van der Waals surface area (Å²) in [6, 6.07) is 26.5. The molecule has 0 saturated carbocycles. The van der Waals surface area contributed by atoms with Crippen LogP contribution in [0.5, 0.6) is 11.5 Å². The number of carbonyl (C=O) groups is 1. The van der Waals surface area contributed by atoms with Gasteiger partial charge in [-0.3, -0.25) is 10.1 Å². The number of ether oxygens (including phenoxy) is 2. The third kappa shape index (κ3) is 6.19. The molecule has 1 aromatic heterocycles. The molecule has 0 aliphatic heterocycles. The molecule has 0 atom stereocenters. The second-order valence-corrected chi connectivity index (χ2v) is 8.07. The molecule has 164 valence electrons. The number of rotatable bonds is 9. The van der Waals surface area contributed by atoms with Gasteiger partial charge < -0.3 is 9.47 Å². The second-order valence-electron chi connectivity index (χ2n) is 7.04. The third-order valence-electron chi connectivity index (χ3n) is 4.64. The Morgan fingerprint density at radius 3 is 2.30 bits per heavy atom. The van der Waals surface area contributed by atoms with Crippen molar-refractivity contribution in [3.63, 3.8) is 0 Å². The summed E-state index contributed by atoms with van der Waals surface area (Å²) in [6.45, 7) is 1.09. The van der Waals surface area contributed by atoms with Crippen LogP contribution in [0.25, 0.3) is 16.3 Å². The van der Waals surface area contributed by atoms with Crippen molar-refractivity contribution >= 4 is 38.7 Å². The summed E-state index contributed by atoms with van der Waals surface area (Å²) in [5.41, 5.74) is 1.54. The van der Waals surface area contributed by atoms with Crippen LogP contribution in [0.1, 0.15) is 12.0 Å². The summed E-state index contributed by atoms with van der Waals surface area (Å²) in [4.78, 5) is 16.9. The van der Waals surface area contributed by atoms with Crippen molar-refractivity contribution < 1.29 is 14.3 Å². The highest BCUT2D eigenvalue weighted by Crippen LogP contribution is 2.26. The Morgan fingerprint density at radius 2 is 1.61 bits per heavy atom. The van der Waals surface area contributed by atoms with Gasteiger partial charge in [-0.1, -0.05) is 53.8 Å². The molecule has 0 saturated heterocycles. The summed E-state index contributed by atoms with van der Waals surface area (Å²) in [7, 11) is 0. The normalized spacial score (nSPS) is 11.1. The van der Waals surface area contributed by atoms with Crippen molar-refractivity contribution in [1.82, 2.24) is 4.98 Å². The summed E-state index contributed by atoms with van der Waals surface area (Å²) in [5.74, 6) is 1.06. The molecule has 0 spiro atoms. The Morgan fingerprint density at radius 1 is 0.939 bits per heavy atom. The van der Waals surface area contributed by atoms with Crippen LogP contribution in [0.4, 0.5) is 5.13 Å². The molecule has 0 aliphatic carbocycles. The molecule has 1 N–H and O–H groups in total. The van der Waals surface area contributed by atoms with E-state index in [0.29, 0.717) is 24.1 Å². The van der Waals surface area contributed by atoms with Gasteiger partial charge >= 0.3 is 0 Å². The SMILES string of the molecule is N#C/C(=C\c1ccc(OCCCOc2ccccc2)cc1)C(=O)Nc1nc2ccccc2s1. The summed E-state index contributed by atoms with van der Waals surface area (Å²) < 4.78 is 12.3. The number of nitriles is 1. The maximum Gasteiger partial charge on any atom is 0.268 e. The fraction of sp³-hybridized carbons (Fsp3) is 0.115. The fourth-order valence-corrected chi connectivity index (χ4v) is 3.88. The Hall–Kier alpha value is -4.15. The van der Waals surface area contributed by atoms with Gasteiger partial charge in [-0.25, -0.2) is 4.98 Å². The van der Waals surface area contributed by atoms with Gasteiger partial charge in [0.2, 0.25) is 0 Å². The number of amides is 1. The third-order valence-corrected chi connectivity index (χ3v) is 5.59. The molecule has 0 unspecified atom stereocenters. The molecule has 1 amide bonds. The highest BCUT2D eigenvalue weighted by Gasteiger charge is 2.12. The van der Waals surface area contributed by atoms with Crippen molar-refractivity contribution in [3.8, 4) is 17.6 Å². The average Bonchev–Trinajstić information content (AvgIpc) is 3.26. The predicted octanol–water partition coefficient (Wildman–Crippen LogP) is 5.69. The minimum absolute atomic E-state index is 0.000912. The molecule has 0 fully saturated rings. The topological polar surface area (TPSA) is 84.2 Å². The van der Waals surface area contributed by atoms with E-state index in [9.17, 15) is 10.1 Å². The lowest BCUT2D eigenvalue weighted by Crippen LogP contribution is -2.13. The van der Waals surface area contributed by atoms with Gasteiger partial charge in [-0.2, -0.15) is 5.26 Å². The molecule has 1 heterocycles. The van der Waals surface area contributed by atoms with Crippen molar-refractivity contribution in [2.75, 3.05) is 18.5 Å². The van der Waals surface area contributed by atoms with Crippen molar-refractivity contribution in [2.45, 2.75) is 6.42 Å². The number of anilines is 1. The number of benzene rings is 3. The fourth-order valence-electron chi connectivity index (χ4n) is 3.02. The molecule has 33 heavy (non-hydrogen) atoms. The molecule has 0 bridgehead atoms. The largest absolute Gasteiger partial charge is 0.493 e. The molecule has 3 aromatic carbocycles. The van der Waals surface area contributed by atoms with Gasteiger partial charge in [0.15, 0.2) is 5.13 Å². The first-order valence-corrected chi connectivity index (χ1v) is 11.2. The molecule has 4 aromatic rings. The van der Waals surface area contributed by atoms with Crippen LogP contribution in [0.15, 0.2) is 84.4 Å². The summed E-state index contributed by atoms with van der Waals surface area (Å²) in [6.07, 6.45) is 2.29. The van der Waals surface area contributed by atoms with Gasteiger partial charge in [0.25, 0.3) is 5.91 Å². The van der Waals surface area contributed by atoms with E-state index in [2.05, 4.69) is 10.3 Å². The zero-order valence-corrected chi connectivity index (χ0v) is 18.5. The van der Waals surface area contributed by atoms with Crippen molar-refractivity contribution in [2.24, 2.45) is 0 Å². The Kier molecular flexibility index (Phi) is 7.31. The maximum absolute atomic E-state index is 12.5. The Balaban J connectivity index is 1.28. The zero-order chi connectivity index (χ0) is 22.9. The van der Waals surface area contributed by atoms with Gasteiger partial charge in [0, 0.05) is 6.42 Å². The van der Waals surface area contributed by atoms with Gasteiger partial charge in [-0.15, -0.1) is 0 Å². The number of nitrogens with one attached hydrogen (secondary N) is 1. The van der Waals surface area contributed by atoms with E-state index in [1.807, 2.05) is 72.8 Å². The monoisotopic (exact) mass is 455 g/mol. The number of carbonyl (C=O) groups excluding carboxylic acids is 1. The molecular formula is C26H21N3O3S. The predicted molar refractivity (Wildman–Crippen MR) is 130 cm³/mol. The van der Waals surface area contributed by atoms with Gasteiger partial charge in [0.1, 0.15) is 23.1 Å². The minimum Gasteiger partial charge on any atom is -0.493 e. The minimum atomic E-state index is -0.490. The first kappa shape index (κ1) is 22.1. The number of para-hydroxylation sites is 2. The molecule has 7 heteroatoms. The molecule has 4 rings (SSSR count). The van der Waals surface area contributed by atoms with Crippen molar-refractivity contribution in [3.05, 3.63) is 90.0 Å². The second kappa shape index (κ2) is 10.9. The lowest BCUT2D eigenvalue weighted by molar-refractivity contribution is -0.112. The molecule has 0 aliphatic rings. The lowest BCUT2D eigenvalue weighted by Gasteiger charge is -2.08. The first-order chi connectivity index (χ1) is 16.2. The molecular weight excluding hydrogens is 434 g/mol. The van der Waals surface area contributed by atoms with Crippen LogP contribution in [-0.2, 0) is 4.79 Å². The number of thiazole rings is 1. The smallest absolute Gasteiger partial charge is 0.268 e. The summed E-state index contributed by atoms with van der Waals surface area (Å²) >= 11 is 1.37.